The summed E-state index contributed by atoms with van der Waals surface area (Å²) in [5, 5.41) is 2.99. The first-order chi connectivity index (χ1) is 18.0. The molecule has 3 amide bonds. The molecule has 37 heavy (non-hydrogen) atoms. The summed E-state index contributed by atoms with van der Waals surface area (Å²) < 4.78 is 11.0. The summed E-state index contributed by atoms with van der Waals surface area (Å²) >= 11 is 0. The minimum Gasteiger partial charge on any atom is -0.467 e. The fourth-order valence-corrected chi connectivity index (χ4v) is 4.25. The molecule has 0 aliphatic carbocycles. The van der Waals surface area contributed by atoms with Crippen LogP contribution in [0, 0.1) is 13.8 Å². The van der Waals surface area contributed by atoms with Gasteiger partial charge in [-0.1, -0.05) is 36.4 Å². The number of morpholine rings is 1. The quantitative estimate of drug-likeness (QED) is 0.446. The maximum Gasteiger partial charge on any atom is 0.322 e. The third kappa shape index (κ3) is 7.93. The molecule has 1 N–H and O–H groups in total. The maximum absolute atomic E-state index is 13.6. The Bertz CT molecular complexity index is 1140. The first kappa shape index (κ1) is 26.4. The Morgan fingerprint density at radius 1 is 0.919 bits per heavy atom. The van der Waals surface area contributed by atoms with Crippen molar-refractivity contribution in [3.63, 3.8) is 0 Å². The third-order valence-corrected chi connectivity index (χ3v) is 6.66. The predicted octanol–water partition coefficient (Wildman–Crippen LogP) is 4.29. The van der Waals surface area contributed by atoms with Gasteiger partial charge in [0.15, 0.2) is 0 Å². The number of rotatable bonds is 10. The highest BCUT2D eigenvalue weighted by molar-refractivity contribution is 5.92. The Kier molecular flexibility index (Phi) is 9.35. The number of anilines is 1. The summed E-state index contributed by atoms with van der Waals surface area (Å²) in [6, 6.07) is 19.0. The fraction of sp³-hybridized carbons (Fsp3) is 0.379. The molecule has 196 valence electrons. The largest absolute Gasteiger partial charge is 0.467 e. The molecule has 1 aliphatic rings. The Morgan fingerprint density at radius 2 is 1.70 bits per heavy atom. The number of carbonyl (C=O) groups excluding carboxylic acids is 2. The summed E-state index contributed by atoms with van der Waals surface area (Å²) in [5.74, 6) is 0.557. The minimum atomic E-state index is -0.289. The van der Waals surface area contributed by atoms with Gasteiger partial charge in [0.25, 0.3) is 0 Å². The predicted molar refractivity (Wildman–Crippen MR) is 143 cm³/mol. The molecular formula is C29H36N4O4. The summed E-state index contributed by atoms with van der Waals surface area (Å²) in [4.78, 5) is 32.6. The molecule has 3 aromatic rings. The van der Waals surface area contributed by atoms with Gasteiger partial charge in [-0.15, -0.1) is 0 Å². The molecule has 0 bridgehead atoms. The standard InChI is InChI=1S/C29H36N4O4/c1-23-10-11-26(19-24(23)2)30-29(35)32(13-12-31-14-17-36-18-15-31)22-28(34)33(21-27-9-6-16-37-27)20-25-7-4-3-5-8-25/h3-11,16,19H,12-15,17-18,20-22H2,1-2H3,(H,30,35). The van der Waals surface area contributed by atoms with E-state index in [-0.39, 0.29) is 18.5 Å². The van der Waals surface area contributed by atoms with E-state index in [4.69, 9.17) is 9.15 Å². The van der Waals surface area contributed by atoms with Crippen molar-refractivity contribution in [2.45, 2.75) is 26.9 Å². The molecule has 1 saturated heterocycles. The smallest absolute Gasteiger partial charge is 0.322 e. The fourth-order valence-electron chi connectivity index (χ4n) is 4.25. The number of ether oxygens (including phenoxy) is 1. The number of urea groups is 1. The van der Waals surface area contributed by atoms with Crippen LogP contribution in [0.1, 0.15) is 22.5 Å². The van der Waals surface area contributed by atoms with Crippen LogP contribution in [0.2, 0.25) is 0 Å². The third-order valence-electron chi connectivity index (χ3n) is 6.66. The summed E-state index contributed by atoms with van der Waals surface area (Å²) in [7, 11) is 0. The van der Waals surface area contributed by atoms with Crippen LogP contribution in [-0.4, -0.2) is 72.6 Å². The number of hydrogen-bond acceptors (Lipinski definition) is 5. The molecule has 8 nitrogen and oxygen atoms in total. The Morgan fingerprint density at radius 3 is 2.41 bits per heavy atom. The molecule has 4 rings (SSSR count). The second kappa shape index (κ2) is 13.1. The molecule has 2 aromatic carbocycles. The lowest BCUT2D eigenvalue weighted by Gasteiger charge is -2.31. The van der Waals surface area contributed by atoms with Crippen molar-refractivity contribution in [1.29, 1.82) is 0 Å². The van der Waals surface area contributed by atoms with E-state index < -0.39 is 0 Å². The molecule has 0 atom stereocenters. The van der Waals surface area contributed by atoms with Crippen LogP contribution in [0.15, 0.2) is 71.3 Å². The van der Waals surface area contributed by atoms with Crippen LogP contribution in [0.25, 0.3) is 0 Å². The lowest BCUT2D eigenvalue weighted by atomic mass is 10.1. The van der Waals surface area contributed by atoms with Crippen LogP contribution in [0.5, 0.6) is 0 Å². The van der Waals surface area contributed by atoms with Crippen molar-refractivity contribution in [2.24, 2.45) is 0 Å². The van der Waals surface area contributed by atoms with Crippen molar-refractivity contribution in [1.82, 2.24) is 14.7 Å². The van der Waals surface area contributed by atoms with Gasteiger partial charge < -0.3 is 24.3 Å². The van der Waals surface area contributed by atoms with Gasteiger partial charge >= 0.3 is 6.03 Å². The summed E-state index contributed by atoms with van der Waals surface area (Å²) in [6.07, 6.45) is 1.60. The highest BCUT2D eigenvalue weighted by atomic mass is 16.5. The van der Waals surface area contributed by atoms with E-state index in [0.717, 1.165) is 29.8 Å². The van der Waals surface area contributed by atoms with Crippen LogP contribution in [0.4, 0.5) is 10.5 Å². The van der Waals surface area contributed by atoms with Gasteiger partial charge in [-0.2, -0.15) is 0 Å². The summed E-state index contributed by atoms with van der Waals surface area (Å²) in [6.45, 7) is 8.88. The highest BCUT2D eigenvalue weighted by Gasteiger charge is 2.24. The SMILES string of the molecule is Cc1ccc(NC(=O)N(CCN2CCOCC2)CC(=O)N(Cc2ccccc2)Cc2ccco2)cc1C. The van der Waals surface area contributed by atoms with E-state index >= 15 is 0 Å². The zero-order valence-electron chi connectivity index (χ0n) is 21.7. The number of amides is 3. The minimum absolute atomic E-state index is 0.0332. The number of benzene rings is 2. The van der Waals surface area contributed by atoms with E-state index in [1.165, 1.54) is 0 Å². The molecule has 1 aromatic heterocycles. The first-order valence-electron chi connectivity index (χ1n) is 12.8. The number of carbonyl (C=O) groups is 2. The topological polar surface area (TPSA) is 78.3 Å². The van der Waals surface area contributed by atoms with Gasteiger partial charge in [0, 0.05) is 38.4 Å². The molecule has 0 radical (unpaired) electrons. The molecule has 0 saturated carbocycles. The van der Waals surface area contributed by atoms with Gasteiger partial charge in [-0.25, -0.2) is 4.79 Å². The normalized spacial score (nSPS) is 13.8. The molecule has 2 heterocycles. The lowest BCUT2D eigenvalue weighted by Crippen LogP contribution is -2.48. The zero-order chi connectivity index (χ0) is 26.0. The van der Waals surface area contributed by atoms with E-state index in [1.54, 1.807) is 16.1 Å². The second-order valence-electron chi connectivity index (χ2n) is 9.42. The van der Waals surface area contributed by atoms with Crippen molar-refractivity contribution in [3.05, 3.63) is 89.4 Å². The van der Waals surface area contributed by atoms with Gasteiger partial charge in [0.1, 0.15) is 12.3 Å². The lowest BCUT2D eigenvalue weighted by molar-refractivity contribution is -0.133. The molecular weight excluding hydrogens is 468 g/mol. The monoisotopic (exact) mass is 504 g/mol. The van der Waals surface area contributed by atoms with Crippen LogP contribution < -0.4 is 5.32 Å². The van der Waals surface area contributed by atoms with Gasteiger partial charge in [0.2, 0.25) is 5.91 Å². The second-order valence-corrected chi connectivity index (χ2v) is 9.42. The Balaban J connectivity index is 1.49. The first-order valence-corrected chi connectivity index (χ1v) is 12.8. The number of hydrogen-bond donors (Lipinski definition) is 1. The molecule has 0 spiro atoms. The number of nitrogens with zero attached hydrogens (tertiary/aromatic N) is 3. The average molecular weight is 505 g/mol. The van der Waals surface area contributed by atoms with E-state index in [1.807, 2.05) is 74.5 Å². The van der Waals surface area contributed by atoms with Crippen molar-refractivity contribution < 1.29 is 18.7 Å². The zero-order valence-corrected chi connectivity index (χ0v) is 21.7. The van der Waals surface area contributed by atoms with Gasteiger partial charge in [-0.3, -0.25) is 9.69 Å². The molecule has 8 heteroatoms. The van der Waals surface area contributed by atoms with Gasteiger partial charge in [-0.05, 0) is 54.8 Å². The van der Waals surface area contributed by atoms with Gasteiger partial charge in [0.05, 0.1) is 26.0 Å². The van der Waals surface area contributed by atoms with E-state index in [2.05, 4.69) is 10.2 Å². The highest BCUT2D eigenvalue weighted by Crippen LogP contribution is 2.16. The molecule has 1 fully saturated rings. The average Bonchev–Trinajstić information content (AvgIpc) is 3.42. The molecule has 1 aliphatic heterocycles. The number of furan rings is 1. The van der Waals surface area contributed by atoms with Crippen LogP contribution >= 0.6 is 0 Å². The van der Waals surface area contributed by atoms with Crippen molar-refractivity contribution in [2.75, 3.05) is 51.3 Å². The van der Waals surface area contributed by atoms with Crippen molar-refractivity contribution in [3.8, 4) is 0 Å². The Hall–Kier alpha value is -3.62. The van der Waals surface area contributed by atoms with Crippen molar-refractivity contribution >= 4 is 17.6 Å². The number of nitrogens with one attached hydrogen (secondary N) is 1. The van der Waals surface area contributed by atoms with E-state index in [9.17, 15) is 9.59 Å². The number of aryl methyl sites for hydroxylation is 2. The Labute approximate surface area is 218 Å². The van der Waals surface area contributed by atoms with E-state index in [0.29, 0.717) is 50.8 Å². The van der Waals surface area contributed by atoms with Crippen LogP contribution in [-0.2, 0) is 22.6 Å². The maximum atomic E-state index is 13.6. The van der Waals surface area contributed by atoms with Crippen LogP contribution in [0.3, 0.4) is 0 Å². The summed E-state index contributed by atoms with van der Waals surface area (Å²) in [5.41, 5.74) is 3.99. The molecule has 0 unspecified atom stereocenters.